The Morgan fingerprint density at radius 1 is 0.429 bits per heavy atom. The smallest absolute Gasteiger partial charge is 0.143 e. The highest BCUT2D eigenvalue weighted by Gasteiger charge is 2.20. The summed E-state index contributed by atoms with van der Waals surface area (Å²) in [5.74, 6) is 0. The van der Waals surface area contributed by atoms with Crippen molar-refractivity contribution in [1.29, 1.82) is 0 Å². The Bertz CT molecular complexity index is 2840. The van der Waals surface area contributed by atoms with E-state index in [2.05, 4.69) is 169 Å². The molecule has 0 aliphatic heterocycles. The maximum Gasteiger partial charge on any atom is 0.143 e. The standard InChI is InChI=1S/C46H29NOS/c1-2-15-35-30(11-1)12-8-18-36(35)31-25-27-33(28-26-31)47(42-22-10-21-41-39-17-4-6-24-44(39)49-46(41)42)34-14-7-13-32(29-34)37-19-9-20-40-38-16-3-5-23-43(38)48-45(37)40/h1-29H. The molecule has 0 saturated carbocycles. The van der Waals surface area contributed by atoms with Crippen LogP contribution in [0.2, 0.25) is 0 Å². The second-order valence-corrected chi connectivity index (χ2v) is 13.5. The average molecular weight is 644 g/mol. The maximum absolute atomic E-state index is 6.47. The Morgan fingerprint density at radius 3 is 2.02 bits per heavy atom. The fourth-order valence-corrected chi connectivity index (χ4v) is 8.60. The van der Waals surface area contributed by atoms with E-state index in [1.165, 1.54) is 42.1 Å². The van der Waals surface area contributed by atoms with Gasteiger partial charge in [0.2, 0.25) is 0 Å². The van der Waals surface area contributed by atoms with Crippen molar-refractivity contribution in [1.82, 2.24) is 0 Å². The molecule has 0 radical (unpaired) electrons. The molecule has 10 aromatic rings. The van der Waals surface area contributed by atoms with Gasteiger partial charge in [-0.05, 0) is 69.9 Å². The van der Waals surface area contributed by atoms with Gasteiger partial charge in [0, 0.05) is 43.2 Å². The molecule has 8 aromatic carbocycles. The minimum absolute atomic E-state index is 0.908. The van der Waals surface area contributed by atoms with Crippen LogP contribution in [0.15, 0.2) is 180 Å². The molecule has 2 heterocycles. The summed E-state index contributed by atoms with van der Waals surface area (Å²) in [5, 5.41) is 7.35. The topological polar surface area (TPSA) is 16.4 Å². The molecule has 49 heavy (non-hydrogen) atoms. The Balaban J connectivity index is 1.17. The molecule has 0 saturated heterocycles. The zero-order chi connectivity index (χ0) is 32.3. The summed E-state index contributed by atoms with van der Waals surface area (Å²) in [6.07, 6.45) is 0. The van der Waals surface area contributed by atoms with E-state index in [1.54, 1.807) is 0 Å². The zero-order valence-electron chi connectivity index (χ0n) is 26.5. The predicted molar refractivity (Wildman–Crippen MR) is 210 cm³/mol. The van der Waals surface area contributed by atoms with Crippen molar-refractivity contribution in [2.75, 3.05) is 4.90 Å². The van der Waals surface area contributed by atoms with E-state index in [9.17, 15) is 0 Å². The molecule has 0 bridgehead atoms. The van der Waals surface area contributed by atoms with Crippen LogP contribution in [-0.2, 0) is 0 Å². The summed E-state index contributed by atoms with van der Waals surface area (Å²) in [7, 11) is 0. The molecular weight excluding hydrogens is 615 g/mol. The highest BCUT2D eigenvalue weighted by atomic mass is 32.1. The molecule has 2 nitrogen and oxygen atoms in total. The number of nitrogens with zero attached hydrogens (tertiary/aromatic N) is 1. The van der Waals surface area contributed by atoms with Gasteiger partial charge in [-0.2, -0.15) is 0 Å². The van der Waals surface area contributed by atoms with Crippen LogP contribution >= 0.6 is 11.3 Å². The summed E-state index contributed by atoms with van der Waals surface area (Å²) in [4.78, 5) is 2.41. The molecule has 0 fully saturated rings. The van der Waals surface area contributed by atoms with E-state index < -0.39 is 0 Å². The molecule has 2 aromatic heterocycles. The average Bonchev–Trinajstić information content (AvgIpc) is 3.74. The first-order valence-corrected chi connectivity index (χ1v) is 17.4. The summed E-state index contributed by atoms with van der Waals surface area (Å²) >= 11 is 1.86. The van der Waals surface area contributed by atoms with Gasteiger partial charge < -0.3 is 9.32 Å². The summed E-state index contributed by atoms with van der Waals surface area (Å²) < 4.78 is 9.04. The number of benzene rings is 8. The Labute approximate surface area is 287 Å². The molecule has 0 spiro atoms. The van der Waals surface area contributed by atoms with E-state index >= 15 is 0 Å². The van der Waals surface area contributed by atoms with Crippen molar-refractivity contribution in [2.45, 2.75) is 0 Å². The van der Waals surface area contributed by atoms with Gasteiger partial charge in [-0.3, -0.25) is 0 Å². The largest absolute Gasteiger partial charge is 0.455 e. The quantitative estimate of drug-likeness (QED) is 0.186. The third-order valence-electron chi connectivity index (χ3n) is 9.67. The van der Waals surface area contributed by atoms with E-state index in [1.807, 2.05) is 23.5 Å². The number of furan rings is 1. The minimum Gasteiger partial charge on any atom is -0.455 e. The van der Waals surface area contributed by atoms with Gasteiger partial charge >= 0.3 is 0 Å². The lowest BCUT2D eigenvalue weighted by Gasteiger charge is -2.27. The molecule has 0 unspecified atom stereocenters. The molecule has 10 rings (SSSR count). The van der Waals surface area contributed by atoms with Crippen LogP contribution in [0.5, 0.6) is 0 Å². The molecule has 0 aliphatic rings. The van der Waals surface area contributed by atoms with Gasteiger partial charge in [-0.25, -0.2) is 0 Å². The molecule has 0 N–H and O–H groups in total. The Hall–Kier alpha value is -6.16. The first-order valence-electron chi connectivity index (χ1n) is 16.6. The number of anilines is 3. The van der Waals surface area contributed by atoms with Crippen molar-refractivity contribution < 1.29 is 4.42 Å². The monoisotopic (exact) mass is 643 g/mol. The fraction of sp³-hybridized carbons (Fsp3) is 0. The van der Waals surface area contributed by atoms with E-state index in [-0.39, 0.29) is 0 Å². The van der Waals surface area contributed by atoms with Crippen LogP contribution in [0.4, 0.5) is 17.1 Å². The predicted octanol–water partition coefficient (Wildman–Crippen LogP) is 13.9. The number of rotatable bonds is 5. The number of hydrogen-bond acceptors (Lipinski definition) is 3. The zero-order valence-corrected chi connectivity index (χ0v) is 27.3. The fourth-order valence-electron chi connectivity index (χ4n) is 7.39. The SMILES string of the molecule is c1cc(-c2cccc3c2oc2ccccc23)cc(N(c2ccc(-c3cccc4ccccc34)cc2)c2cccc3c2sc2ccccc23)c1. The van der Waals surface area contributed by atoms with Crippen LogP contribution in [0.1, 0.15) is 0 Å². The van der Waals surface area contributed by atoms with Gasteiger partial charge in [0.05, 0.1) is 10.4 Å². The van der Waals surface area contributed by atoms with E-state index in [0.29, 0.717) is 0 Å². The number of fused-ring (bicyclic) bond motifs is 7. The minimum atomic E-state index is 0.908. The van der Waals surface area contributed by atoms with Crippen LogP contribution in [0.3, 0.4) is 0 Å². The summed E-state index contributed by atoms with van der Waals surface area (Å²) in [5.41, 5.74) is 9.82. The van der Waals surface area contributed by atoms with Crippen molar-refractivity contribution in [3.8, 4) is 22.3 Å². The highest BCUT2D eigenvalue weighted by Crippen LogP contribution is 2.46. The summed E-state index contributed by atoms with van der Waals surface area (Å²) in [6, 6.07) is 63.2. The van der Waals surface area contributed by atoms with Gasteiger partial charge in [0.25, 0.3) is 0 Å². The molecule has 0 aliphatic carbocycles. The number of hydrogen-bond donors (Lipinski definition) is 0. The Morgan fingerprint density at radius 2 is 1.10 bits per heavy atom. The van der Waals surface area contributed by atoms with E-state index in [4.69, 9.17) is 4.42 Å². The van der Waals surface area contributed by atoms with E-state index in [0.717, 1.165) is 50.1 Å². The normalized spacial score (nSPS) is 11.7. The first kappa shape index (κ1) is 27.9. The van der Waals surface area contributed by atoms with Crippen LogP contribution in [0, 0.1) is 0 Å². The third kappa shape index (κ3) is 4.55. The number of thiophene rings is 1. The second kappa shape index (κ2) is 11.2. The van der Waals surface area contributed by atoms with Crippen LogP contribution in [0.25, 0.3) is 75.1 Å². The molecule has 3 heteroatoms. The number of para-hydroxylation sites is 2. The van der Waals surface area contributed by atoms with Crippen LogP contribution in [-0.4, -0.2) is 0 Å². The lowest BCUT2D eigenvalue weighted by Crippen LogP contribution is -2.10. The van der Waals surface area contributed by atoms with Crippen molar-refractivity contribution in [3.05, 3.63) is 176 Å². The van der Waals surface area contributed by atoms with Crippen molar-refractivity contribution in [2.24, 2.45) is 0 Å². The molecule has 230 valence electrons. The van der Waals surface area contributed by atoms with Gasteiger partial charge in [0.15, 0.2) is 0 Å². The molecule has 0 atom stereocenters. The van der Waals surface area contributed by atoms with Crippen LogP contribution < -0.4 is 4.90 Å². The molecule has 0 amide bonds. The lowest BCUT2D eigenvalue weighted by atomic mass is 9.98. The first-order chi connectivity index (χ1) is 24.3. The molecular formula is C46H29NOS. The summed E-state index contributed by atoms with van der Waals surface area (Å²) in [6.45, 7) is 0. The van der Waals surface area contributed by atoms with Crippen molar-refractivity contribution >= 4 is 81.3 Å². The maximum atomic E-state index is 6.47. The third-order valence-corrected chi connectivity index (χ3v) is 10.9. The van der Waals surface area contributed by atoms with Gasteiger partial charge in [-0.1, -0.05) is 133 Å². The van der Waals surface area contributed by atoms with Gasteiger partial charge in [-0.15, -0.1) is 11.3 Å². The lowest BCUT2D eigenvalue weighted by molar-refractivity contribution is 0.670. The highest BCUT2D eigenvalue weighted by molar-refractivity contribution is 7.26. The van der Waals surface area contributed by atoms with Crippen molar-refractivity contribution in [3.63, 3.8) is 0 Å². The second-order valence-electron chi connectivity index (χ2n) is 12.5. The Kier molecular flexibility index (Phi) is 6.39. The van der Waals surface area contributed by atoms with Gasteiger partial charge in [0.1, 0.15) is 11.2 Å².